The van der Waals surface area contributed by atoms with Crippen molar-refractivity contribution in [3.05, 3.63) is 45.8 Å². The van der Waals surface area contributed by atoms with Crippen molar-refractivity contribution in [2.45, 2.75) is 59.0 Å². The Balaban J connectivity index is 2.19. The van der Waals surface area contributed by atoms with E-state index in [2.05, 4.69) is 10.1 Å². The van der Waals surface area contributed by atoms with E-state index in [0.29, 0.717) is 16.9 Å². The maximum atomic E-state index is 13.2. The highest BCUT2D eigenvalue weighted by Gasteiger charge is 2.22. The summed E-state index contributed by atoms with van der Waals surface area (Å²) in [6.45, 7) is 8.22. The van der Waals surface area contributed by atoms with E-state index in [-0.39, 0.29) is 29.8 Å². The Kier molecular flexibility index (Phi) is 5.16. The SMILES string of the molecule is CCC(CC)n1c(=O)n(Cc2cc(C(C)C)no2)c2cc(C(=O)O)cnc21. The standard InChI is InChI=1S/C19H24N4O4/c1-5-13(6-2)23-17-16(7-12(9-20-17)18(24)25)22(19(23)26)10-14-8-15(11(3)4)21-27-14/h7-9,11,13H,5-6,10H2,1-4H3,(H,24,25). The second kappa shape index (κ2) is 7.38. The molecule has 0 aliphatic rings. The van der Waals surface area contributed by atoms with Crippen LogP contribution < -0.4 is 5.69 Å². The van der Waals surface area contributed by atoms with Gasteiger partial charge in [-0.2, -0.15) is 0 Å². The molecule has 144 valence electrons. The van der Waals surface area contributed by atoms with Gasteiger partial charge in [0, 0.05) is 18.3 Å². The third-order valence-corrected chi connectivity index (χ3v) is 4.84. The van der Waals surface area contributed by atoms with E-state index in [4.69, 9.17) is 4.52 Å². The van der Waals surface area contributed by atoms with Crippen LogP contribution in [0.2, 0.25) is 0 Å². The summed E-state index contributed by atoms with van der Waals surface area (Å²) in [4.78, 5) is 28.8. The lowest BCUT2D eigenvalue weighted by Gasteiger charge is -2.13. The molecule has 27 heavy (non-hydrogen) atoms. The predicted molar refractivity (Wildman–Crippen MR) is 100 cm³/mol. The van der Waals surface area contributed by atoms with Crippen LogP contribution in [0, 0.1) is 0 Å². The van der Waals surface area contributed by atoms with Crippen LogP contribution in [0.1, 0.15) is 74.3 Å². The van der Waals surface area contributed by atoms with Gasteiger partial charge in [0.2, 0.25) is 0 Å². The smallest absolute Gasteiger partial charge is 0.337 e. The summed E-state index contributed by atoms with van der Waals surface area (Å²) in [5.74, 6) is -0.323. The summed E-state index contributed by atoms with van der Waals surface area (Å²) in [6, 6.07) is 3.31. The Morgan fingerprint density at radius 1 is 1.26 bits per heavy atom. The van der Waals surface area contributed by atoms with Gasteiger partial charge in [-0.15, -0.1) is 0 Å². The Morgan fingerprint density at radius 2 is 1.96 bits per heavy atom. The van der Waals surface area contributed by atoms with Crippen LogP contribution in [-0.4, -0.2) is 30.4 Å². The number of pyridine rings is 1. The summed E-state index contributed by atoms with van der Waals surface area (Å²) in [7, 11) is 0. The first-order valence-corrected chi connectivity index (χ1v) is 9.16. The fourth-order valence-electron chi connectivity index (χ4n) is 3.24. The fraction of sp³-hybridized carbons (Fsp3) is 0.474. The maximum Gasteiger partial charge on any atom is 0.337 e. The fourth-order valence-corrected chi connectivity index (χ4v) is 3.24. The third kappa shape index (κ3) is 3.39. The molecule has 0 spiro atoms. The molecule has 0 bridgehead atoms. The van der Waals surface area contributed by atoms with Crippen molar-refractivity contribution in [3.63, 3.8) is 0 Å². The van der Waals surface area contributed by atoms with Gasteiger partial charge in [-0.05, 0) is 24.8 Å². The lowest BCUT2D eigenvalue weighted by atomic mass is 10.1. The number of carboxylic acids is 1. The number of hydrogen-bond acceptors (Lipinski definition) is 5. The number of aromatic carboxylic acids is 1. The van der Waals surface area contributed by atoms with Gasteiger partial charge in [0.05, 0.1) is 23.3 Å². The molecule has 0 aliphatic heterocycles. The van der Waals surface area contributed by atoms with E-state index in [1.165, 1.54) is 16.8 Å². The van der Waals surface area contributed by atoms with E-state index in [1.807, 2.05) is 33.8 Å². The number of carbonyl (C=O) groups is 1. The summed E-state index contributed by atoms with van der Waals surface area (Å²) < 4.78 is 8.54. The van der Waals surface area contributed by atoms with E-state index in [1.54, 1.807) is 4.57 Å². The number of imidazole rings is 1. The molecule has 0 amide bonds. The van der Waals surface area contributed by atoms with Crippen LogP contribution in [-0.2, 0) is 6.54 Å². The first-order valence-electron chi connectivity index (χ1n) is 9.16. The summed E-state index contributed by atoms with van der Waals surface area (Å²) in [5.41, 5.74) is 1.59. The second-order valence-corrected chi connectivity index (χ2v) is 6.95. The van der Waals surface area contributed by atoms with E-state index >= 15 is 0 Å². The number of nitrogens with zero attached hydrogens (tertiary/aromatic N) is 4. The largest absolute Gasteiger partial charge is 0.478 e. The highest BCUT2D eigenvalue weighted by Crippen LogP contribution is 2.22. The first kappa shape index (κ1) is 18.9. The molecular weight excluding hydrogens is 348 g/mol. The minimum Gasteiger partial charge on any atom is -0.478 e. The van der Waals surface area contributed by atoms with Gasteiger partial charge in [0.15, 0.2) is 11.4 Å². The highest BCUT2D eigenvalue weighted by atomic mass is 16.5. The van der Waals surface area contributed by atoms with Crippen LogP contribution in [0.15, 0.2) is 27.6 Å². The Hall–Kier alpha value is -2.90. The molecule has 0 aromatic carbocycles. The molecule has 3 heterocycles. The topological polar surface area (TPSA) is 103 Å². The van der Waals surface area contributed by atoms with Crippen LogP contribution in [0.3, 0.4) is 0 Å². The molecule has 3 aromatic heterocycles. The number of aromatic nitrogens is 4. The van der Waals surface area contributed by atoms with Gasteiger partial charge in [-0.1, -0.05) is 32.9 Å². The molecule has 0 aliphatic carbocycles. The molecule has 0 saturated carbocycles. The minimum absolute atomic E-state index is 0.00891. The van der Waals surface area contributed by atoms with Gasteiger partial charge < -0.3 is 9.63 Å². The number of rotatable bonds is 7. The van der Waals surface area contributed by atoms with Crippen LogP contribution in [0.25, 0.3) is 11.2 Å². The average Bonchev–Trinajstić information content (AvgIpc) is 3.21. The van der Waals surface area contributed by atoms with E-state index < -0.39 is 5.97 Å². The van der Waals surface area contributed by atoms with Crippen molar-refractivity contribution < 1.29 is 14.4 Å². The second-order valence-electron chi connectivity index (χ2n) is 6.95. The van der Waals surface area contributed by atoms with Crippen LogP contribution in [0.5, 0.6) is 0 Å². The zero-order chi connectivity index (χ0) is 19.7. The van der Waals surface area contributed by atoms with Crippen molar-refractivity contribution in [2.75, 3.05) is 0 Å². The molecule has 0 unspecified atom stereocenters. The molecule has 8 nitrogen and oxygen atoms in total. The quantitative estimate of drug-likeness (QED) is 0.681. The zero-order valence-electron chi connectivity index (χ0n) is 16.0. The molecule has 3 rings (SSSR count). The van der Waals surface area contributed by atoms with Crippen LogP contribution >= 0.6 is 0 Å². The lowest BCUT2D eigenvalue weighted by Crippen LogP contribution is -2.27. The number of fused-ring (bicyclic) bond motifs is 1. The Labute approximate surface area is 156 Å². The van der Waals surface area contributed by atoms with E-state index in [0.717, 1.165) is 18.5 Å². The molecule has 0 radical (unpaired) electrons. The molecule has 0 atom stereocenters. The minimum atomic E-state index is -1.08. The van der Waals surface area contributed by atoms with Crippen LogP contribution in [0.4, 0.5) is 0 Å². The van der Waals surface area contributed by atoms with Gasteiger partial charge in [0.1, 0.15) is 0 Å². The van der Waals surface area contributed by atoms with Crippen molar-refractivity contribution in [2.24, 2.45) is 0 Å². The van der Waals surface area contributed by atoms with E-state index in [9.17, 15) is 14.7 Å². The zero-order valence-corrected chi connectivity index (χ0v) is 16.0. The van der Waals surface area contributed by atoms with Gasteiger partial charge in [0.25, 0.3) is 0 Å². The molecule has 3 aromatic rings. The number of hydrogen-bond donors (Lipinski definition) is 1. The average molecular weight is 372 g/mol. The summed E-state index contributed by atoms with van der Waals surface area (Å²) >= 11 is 0. The molecule has 0 fully saturated rings. The van der Waals surface area contributed by atoms with Gasteiger partial charge >= 0.3 is 11.7 Å². The molecular formula is C19H24N4O4. The summed E-state index contributed by atoms with van der Waals surface area (Å²) in [6.07, 6.45) is 2.84. The third-order valence-electron chi connectivity index (χ3n) is 4.84. The van der Waals surface area contributed by atoms with Crippen molar-refractivity contribution in [3.8, 4) is 0 Å². The predicted octanol–water partition coefficient (Wildman–Crippen LogP) is 3.42. The molecule has 8 heteroatoms. The number of carboxylic acid groups (broad SMARTS) is 1. The monoisotopic (exact) mass is 372 g/mol. The maximum absolute atomic E-state index is 13.2. The van der Waals surface area contributed by atoms with Crippen molar-refractivity contribution in [1.82, 2.24) is 19.3 Å². The normalized spacial score (nSPS) is 11.8. The van der Waals surface area contributed by atoms with Gasteiger partial charge in [-0.3, -0.25) is 9.13 Å². The Morgan fingerprint density at radius 3 is 2.52 bits per heavy atom. The molecule has 1 N–H and O–H groups in total. The first-order chi connectivity index (χ1) is 12.9. The van der Waals surface area contributed by atoms with Crippen molar-refractivity contribution in [1.29, 1.82) is 0 Å². The lowest BCUT2D eigenvalue weighted by molar-refractivity contribution is 0.0696. The highest BCUT2D eigenvalue weighted by molar-refractivity contribution is 5.91. The molecule has 0 saturated heterocycles. The van der Waals surface area contributed by atoms with Crippen molar-refractivity contribution >= 4 is 17.1 Å². The van der Waals surface area contributed by atoms with Gasteiger partial charge in [-0.25, -0.2) is 14.6 Å². The summed E-state index contributed by atoms with van der Waals surface area (Å²) in [5, 5.41) is 13.3. The Bertz CT molecular complexity index is 1020.